The number of nitrogens with zero attached hydrogens (tertiary/aromatic N) is 1. The molecule has 44 heavy (non-hydrogen) atoms. The quantitative estimate of drug-likeness (QED) is 0.196. The van der Waals surface area contributed by atoms with E-state index in [2.05, 4.69) is 134 Å². The van der Waals surface area contributed by atoms with E-state index in [0.29, 0.717) is 11.1 Å². The van der Waals surface area contributed by atoms with Gasteiger partial charge in [0.1, 0.15) is 0 Å². The van der Waals surface area contributed by atoms with E-state index in [1.807, 2.05) is 12.1 Å². The zero-order valence-corrected chi connectivity index (χ0v) is 28.0. The van der Waals surface area contributed by atoms with E-state index < -0.39 is 5.41 Å². The van der Waals surface area contributed by atoms with Gasteiger partial charge >= 0.3 is 0 Å². The summed E-state index contributed by atoms with van der Waals surface area (Å²) in [5.41, 5.74) is 10.0. The molecule has 0 aliphatic rings. The van der Waals surface area contributed by atoms with Crippen LogP contribution in [0.15, 0.2) is 103 Å². The Morgan fingerprint density at radius 2 is 1.11 bits per heavy atom. The van der Waals surface area contributed by atoms with Gasteiger partial charge in [0.25, 0.3) is 0 Å². The minimum atomic E-state index is -0.407. The first-order valence-corrected chi connectivity index (χ1v) is 15.7. The maximum Gasteiger partial charge on any atom is 0.0629 e. The average molecular weight is 582 g/mol. The number of hydrogen-bond donors (Lipinski definition) is 0. The van der Waals surface area contributed by atoms with E-state index in [1.165, 1.54) is 11.1 Å². The van der Waals surface area contributed by atoms with Crippen molar-refractivity contribution in [3.8, 4) is 27.9 Å². The number of rotatable bonds is 3. The third kappa shape index (κ3) is 5.28. The highest BCUT2D eigenvalue weighted by Gasteiger charge is 2.28. The fraction of sp³-hybridized carbons (Fsp3) is 0.302. The van der Waals surface area contributed by atoms with Gasteiger partial charge in [-0.05, 0) is 86.4 Å². The smallest absolute Gasteiger partial charge is 0.0629 e. The molecule has 0 radical (unpaired) electrons. The lowest BCUT2D eigenvalue weighted by molar-refractivity contribution is 0.569. The Hall–Kier alpha value is -4.10. The van der Waals surface area contributed by atoms with Gasteiger partial charge in [0.2, 0.25) is 0 Å². The number of para-hydroxylation sites is 1. The van der Waals surface area contributed by atoms with Crippen molar-refractivity contribution in [3.05, 3.63) is 125 Å². The Morgan fingerprint density at radius 3 is 1.68 bits per heavy atom. The highest BCUT2D eigenvalue weighted by atomic mass is 15.0. The first-order valence-electron chi connectivity index (χ1n) is 17.7. The van der Waals surface area contributed by atoms with Gasteiger partial charge in [-0.15, -0.1) is 0 Å². The lowest BCUT2D eigenvalue weighted by Crippen LogP contribution is -2.16. The summed E-state index contributed by atoms with van der Waals surface area (Å²) >= 11 is 0. The van der Waals surface area contributed by atoms with Crippen LogP contribution in [0.3, 0.4) is 0 Å². The van der Waals surface area contributed by atoms with Gasteiger partial charge in [-0.2, -0.15) is 0 Å². The van der Waals surface area contributed by atoms with Gasteiger partial charge in [-0.3, -0.25) is 0 Å². The zero-order valence-electron chi connectivity index (χ0n) is 32.0. The average Bonchev–Trinajstić information content (AvgIpc) is 3.36. The molecular formula is C43H47N. The minimum Gasteiger partial charge on any atom is -0.309 e. The van der Waals surface area contributed by atoms with Gasteiger partial charge < -0.3 is 4.57 Å². The topological polar surface area (TPSA) is 4.93 Å². The zero-order chi connectivity index (χ0) is 35.1. The molecule has 0 bridgehead atoms. The predicted octanol–water partition coefficient (Wildman–Crippen LogP) is 12.3. The van der Waals surface area contributed by atoms with Crippen molar-refractivity contribution in [2.24, 2.45) is 0 Å². The minimum absolute atomic E-state index is 0.00179. The van der Waals surface area contributed by atoms with E-state index in [1.54, 1.807) is 6.92 Å². The van der Waals surface area contributed by atoms with Crippen LogP contribution in [0.25, 0.3) is 49.7 Å². The second-order valence-electron chi connectivity index (χ2n) is 15.3. The number of benzene rings is 5. The first-order chi connectivity index (χ1) is 22.3. The molecule has 5 aromatic carbocycles. The van der Waals surface area contributed by atoms with Gasteiger partial charge in [0.05, 0.1) is 16.5 Å². The van der Waals surface area contributed by atoms with E-state index in [-0.39, 0.29) is 35.0 Å². The van der Waals surface area contributed by atoms with Crippen LogP contribution in [-0.2, 0) is 16.2 Å². The molecule has 6 aromatic rings. The lowest BCUT2D eigenvalue weighted by Gasteiger charge is -2.27. The van der Waals surface area contributed by atoms with Crippen LogP contribution in [0, 0.1) is 6.92 Å². The van der Waals surface area contributed by atoms with Crippen LogP contribution in [0.1, 0.15) is 90.1 Å². The van der Waals surface area contributed by atoms with Crippen molar-refractivity contribution in [1.29, 1.82) is 0 Å². The van der Waals surface area contributed by atoms with Crippen LogP contribution in [0.5, 0.6) is 0 Å². The van der Waals surface area contributed by atoms with E-state index in [4.69, 9.17) is 5.48 Å². The highest BCUT2D eigenvalue weighted by molar-refractivity contribution is 6.18. The second kappa shape index (κ2) is 10.5. The highest BCUT2D eigenvalue weighted by Crippen LogP contribution is 2.47. The third-order valence-electron chi connectivity index (χ3n) is 8.72. The molecule has 6 rings (SSSR count). The summed E-state index contributed by atoms with van der Waals surface area (Å²) in [5.74, 6) is 0. The van der Waals surface area contributed by atoms with Crippen LogP contribution in [0.4, 0.5) is 0 Å². The van der Waals surface area contributed by atoms with E-state index in [0.717, 1.165) is 49.7 Å². The standard InChI is InChI=1S/C43H47N/c1-28-19-21-29(22-20-28)35-23-24-37-39(40(35)43(8,9)10)38-34(17-14-18-36(38)44(37)33-15-12-11-13-16-33)30-25-31(41(2,3)4)27-32(26-30)42(5,6)7/h11-27H,1-10H3/i19D,20D,21D,22D. The largest absolute Gasteiger partial charge is 0.309 e. The summed E-state index contributed by atoms with van der Waals surface area (Å²) in [6.07, 6.45) is 0. The number of fused-ring (bicyclic) bond motifs is 3. The van der Waals surface area contributed by atoms with Crippen LogP contribution >= 0.6 is 0 Å². The Kier molecular flexibility index (Phi) is 6.03. The molecule has 0 unspecified atom stereocenters. The molecule has 0 N–H and O–H groups in total. The van der Waals surface area contributed by atoms with E-state index in [9.17, 15) is 0 Å². The normalized spacial score (nSPS) is 14.0. The molecule has 0 spiro atoms. The molecule has 0 aliphatic carbocycles. The monoisotopic (exact) mass is 581 g/mol. The Balaban J connectivity index is 1.88. The molecule has 0 saturated carbocycles. The summed E-state index contributed by atoms with van der Waals surface area (Å²) in [6, 6.07) is 28.2. The Morgan fingerprint density at radius 1 is 0.523 bits per heavy atom. The molecule has 1 heterocycles. The molecule has 1 heteroatoms. The molecular weight excluding hydrogens is 530 g/mol. The van der Waals surface area contributed by atoms with Crippen LogP contribution in [-0.4, -0.2) is 4.57 Å². The van der Waals surface area contributed by atoms with Crippen LogP contribution < -0.4 is 0 Å². The van der Waals surface area contributed by atoms with Crippen molar-refractivity contribution < 1.29 is 5.48 Å². The lowest BCUT2D eigenvalue weighted by atomic mass is 9.77. The molecule has 0 saturated heterocycles. The van der Waals surface area contributed by atoms with Crippen LogP contribution in [0.2, 0.25) is 0 Å². The Bertz CT molecular complexity index is 2160. The number of aromatic nitrogens is 1. The SMILES string of the molecule is [2H]c1c([2H])c(-c2ccc3c(c2C(C)(C)C)c2c(-c4cc(C(C)(C)C)cc(C(C)(C)C)c4)cccc2n3-c2ccccc2)c([2H])c([2H])c1C. The molecule has 0 amide bonds. The molecule has 0 fully saturated rings. The molecule has 1 aromatic heterocycles. The molecule has 0 atom stereocenters. The van der Waals surface area contributed by atoms with E-state index >= 15 is 0 Å². The van der Waals surface area contributed by atoms with Gasteiger partial charge in [0.15, 0.2) is 0 Å². The molecule has 0 aliphatic heterocycles. The second-order valence-corrected chi connectivity index (χ2v) is 15.3. The fourth-order valence-corrected chi connectivity index (χ4v) is 6.39. The van der Waals surface area contributed by atoms with Gasteiger partial charge in [-0.1, -0.05) is 147 Å². The molecule has 1 nitrogen and oxygen atoms in total. The predicted molar refractivity (Wildman–Crippen MR) is 192 cm³/mol. The van der Waals surface area contributed by atoms with Gasteiger partial charge in [-0.25, -0.2) is 0 Å². The summed E-state index contributed by atoms with van der Waals surface area (Å²) < 4.78 is 37.9. The van der Waals surface area contributed by atoms with Gasteiger partial charge in [0, 0.05) is 16.5 Å². The molecule has 224 valence electrons. The maximum atomic E-state index is 9.07. The van der Waals surface area contributed by atoms with Crippen molar-refractivity contribution in [2.45, 2.75) is 85.5 Å². The van der Waals surface area contributed by atoms with Crippen molar-refractivity contribution in [1.82, 2.24) is 4.57 Å². The summed E-state index contributed by atoms with van der Waals surface area (Å²) in [6.45, 7) is 21.8. The first kappa shape index (κ1) is 25.2. The van der Waals surface area contributed by atoms with Crippen molar-refractivity contribution >= 4 is 21.8 Å². The summed E-state index contributed by atoms with van der Waals surface area (Å²) in [7, 11) is 0. The summed E-state index contributed by atoms with van der Waals surface area (Å²) in [4.78, 5) is 0. The maximum absolute atomic E-state index is 9.07. The van der Waals surface area contributed by atoms with Crippen molar-refractivity contribution in [2.75, 3.05) is 0 Å². The fourth-order valence-electron chi connectivity index (χ4n) is 6.39. The summed E-state index contributed by atoms with van der Waals surface area (Å²) in [5, 5.41) is 2.20. The van der Waals surface area contributed by atoms with Crippen molar-refractivity contribution in [3.63, 3.8) is 0 Å². The third-order valence-corrected chi connectivity index (χ3v) is 8.72. The number of hydrogen-bond acceptors (Lipinski definition) is 0. The Labute approximate surface area is 270 Å².